The molecule has 1 heterocycles. The summed E-state index contributed by atoms with van der Waals surface area (Å²) in [4.78, 5) is 0. The van der Waals surface area contributed by atoms with E-state index in [-0.39, 0.29) is 0 Å². The first-order valence-electron chi connectivity index (χ1n) is 3.55. The van der Waals surface area contributed by atoms with Gasteiger partial charge in [0.2, 0.25) is 0 Å². The Kier molecular flexibility index (Phi) is 2.50. The first kappa shape index (κ1) is 8.25. The summed E-state index contributed by atoms with van der Waals surface area (Å²) < 4.78 is 18.3. The molecule has 0 bridgehead atoms. The highest BCUT2D eigenvalue weighted by Crippen LogP contribution is 2.47. The average Bonchev–Trinajstić information content (AvgIpc) is 2.38. The Balaban J connectivity index is 2.54. The van der Waals surface area contributed by atoms with Crippen LogP contribution in [-0.2, 0) is 9.09 Å². The third-order valence-corrected chi connectivity index (χ3v) is 4.04. The maximum absolute atomic E-state index is 11.5. The van der Waals surface area contributed by atoms with Crippen molar-refractivity contribution in [2.24, 2.45) is 0 Å². The summed E-state index contributed by atoms with van der Waals surface area (Å²) in [6.45, 7) is 3.54. The third kappa shape index (κ3) is 1.60. The topological polar surface area (TPSA) is 29.5 Å². The SMILES string of the molecule is COP(C)(=O)N1CCCC1. The van der Waals surface area contributed by atoms with Crippen LogP contribution in [0.25, 0.3) is 0 Å². The molecule has 0 spiro atoms. The second-order valence-corrected chi connectivity index (χ2v) is 5.18. The number of hydrogen-bond acceptors (Lipinski definition) is 2. The maximum Gasteiger partial charge on any atom is 0.269 e. The molecule has 0 aromatic carbocycles. The second-order valence-electron chi connectivity index (χ2n) is 2.65. The maximum atomic E-state index is 11.5. The summed E-state index contributed by atoms with van der Waals surface area (Å²) in [5.41, 5.74) is 0. The summed E-state index contributed by atoms with van der Waals surface area (Å²) in [5.74, 6) is 0. The van der Waals surface area contributed by atoms with Crippen LogP contribution in [-0.4, -0.2) is 31.5 Å². The Morgan fingerprint density at radius 1 is 1.40 bits per heavy atom. The van der Waals surface area contributed by atoms with Gasteiger partial charge in [-0.2, -0.15) is 0 Å². The van der Waals surface area contributed by atoms with Gasteiger partial charge in [-0.15, -0.1) is 0 Å². The van der Waals surface area contributed by atoms with E-state index in [1.165, 1.54) is 7.11 Å². The van der Waals surface area contributed by atoms with Crippen molar-refractivity contribution >= 4 is 7.52 Å². The summed E-state index contributed by atoms with van der Waals surface area (Å²) in [6.07, 6.45) is 2.31. The van der Waals surface area contributed by atoms with Crippen molar-refractivity contribution in [2.45, 2.75) is 12.8 Å². The zero-order chi connectivity index (χ0) is 7.61. The van der Waals surface area contributed by atoms with Crippen LogP contribution in [0, 0.1) is 0 Å². The molecule has 0 aromatic heterocycles. The fourth-order valence-electron chi connectivity index (χ4n) is 1.18. The van der Waals surface area contributed by atoms with Crippen LogP contribution < -0.4 is 0 Å². The van der Waals surface area contributed by atoms with Gasteiger partial charge in [0.15, 0.2) is 0 Å². The van der Waals surface area contributed by atoms with Gasteiger partial charge < -0.3 is 4.52 Å². The van der Waals surface area contributed by atoms with E-state index in [2.05, 4.69) is 0 Å². The van der Waals surface area contributed by atoms with Gasteiger partial charge in [-0.25, -0.2) is 4.67 Å². The monoisotopic (exact) mass is 163 g/mol. The van der Waals surface area contributed by atoms with Gasteiger partial charge >= 0.3 is 0 Å². The molecule has 1 rings (SSSR count). The Morgan fingerprint density at radius 2 is 1.90 bits per heavy atom. The van der Waals surface area contributed by atoms with E-state index in [4.69, 9.17) is 4.52 Å². The van der Waals surface area contributed by atoms with Crippen LogP contribution in [0.2, 0.25) is 0 Å². The van der Waals surface area contributed by atoms with Gasteiger partial charge in [0.25, 0.3) is 7.52 Å². The Labute approximate surface area is 61.9 Å². The van der Waals surface area contributed by atoms with Crippen LogP contribution in [0.3, 0.4) is 0 Å². The van der Waals surface area contributed by atoms with Gasteiger partial charge in [-0.3, -0.25) is 4.57 Å². The zero-order valence-corrected chi connectivity index (χ0v) is 7.43. The summed E-state index contributed by atoms with van der Waals surface area (Å²) in [6, 6.07) is 0. The predicted octanol–water partition coefficient (Wildman–Crippen LogP) is 1.55. The van der Waals surface area contributed by atoms with Gasteiger partial charge in [0.1, 0.15) is 0 Å². The van der Waals surface area contributed by atoms with E-state index in [0.29, 0.717) is 0 Å². The lowest BCUT2D eigenvalue weighted by atomic mass is 10.4. The van der Waals surface area contributed by atoms with Gasteiger partial charge in [-0.1, -0.05) is 0 Å². The molecular formula is C6H14NO2P. The van der Waals surface area contributed by atoms with Crippen molar-refractivity contribution in [1.82, 2.24) is 4.67 Å². The minimum Gasteiger partial charge on any atom is -0.321 e. The molecule has 1 aliphatic rings. The highest BCUT2D eigenvalue weighted by atomic mass is 31.2. The molecule has 1 saturated heterocycles. The van der Waals surface area contributed by atoms with Crippen molar-refractivity contribution in [3.05, 3.63) is 0 Å². The average molecular weight is 163 g/mol. The molecule has 0 aliphatic carbocycles. The van der Waals surface area contributed by atoms with Crippen molar-refractivity contribution in [3.63, 3.8) is 0 Å². The van der Waals surface area contributed by atoms with Gasteiger partial charge in [-0.05, 0) is 12.8 Å². The molecule has 0 saturated carbocycles. The van der Waals surface area contributed by atoms with E-state index in [0.717, 1.165) is 25.9 Å². The lowest BCUT2D eigenvalue weighted by Crippen LogP contribution is -2.15. The largest absolute Gasteiger partial charge is 0.321 e. The number of hydrogen-bond donors (Lipinski definition) is 0. The number of nitrogens with zero attached hydrogens (tertiary/aromatic N) is 1. The second kappa shape index (κ2) is 3.04. The smallest absolute Gasteiger partial charge is 0.269 e. The van der Waals surface area contributed by atoms with Crippen LogP contribution in [0.15, 0.2) is 0 Å². The van der Waals surface area contributed by atoms with Crippen molar-refractivity contribution in [3.8, 4) is 0 Å². The van der Waals surface area contributed by atoms with Gasteiger partial charge in [0, 0.05) is 26.9 Å². The standard InChI is InChI=1S/C6H14NO2P/c1-9-10(2,8)7-5-3-4-6-7/h3-6H2,1-2H3. The van der Waals surface area contributed by atoms with Crippen LogP contribution in [0.4, 0.5) is 0 Å². The predicted molar refractivity (Wildman–Crippen MR) is 41.3 cm³/mol. The minimum atomic E-state index is -2.39. The molecule has 0 N–H and O–H groups in total. The first-order chi connectivity index (χ1) is 4.67. The molecule has 1 unspecified atom stereocenters. The normalized spacial score (nSPS) is 26.6. The van der Waals surface area contributed by atoms with E-state index in [1.807, 2.05) is 4.67 Å². The van der Waals surface area contributed by atoms with Crippen molar-refractivity contribution in [1.29, 1.82) is 0 Å². The molecule has 60 valence electrons. The third-order valence-electron chi connectivity index (χ3n) is 1.93. The highest BCUT2D eigenvalue weighted by molar-refractivity contribution is 7.55. The quantitative estimate of drug-likeness (QED) is 0.578. The van der Waals surface area contributed by atoms with E-state index in [9.17, 15) is 4.57 Å². The Hall–Kier alpha value is 0.150. The molecule has 4 heteroatoms. The summed E-state index contributed by atoms with van der Waals surface area (Å²) >= 11 is 0. The van der Waals surface area contributed by atoms with E-state index < -0.39 is 7.52 Å². The molecule has 0 radical (unpaired) electrons. The summed E-state index contributed by atoms with van der Waals surface area (Å²) in [5, 5.41) is 0. The van der Waals surface area contributed by atoms with Crippen LogP contribution in [0.5, 0.6) is 0 Å². The molecule has 1 fully saturated rings. The van der Waals surface area contributed by atoms with Crippen LogP contribution in [0.1, 0.15) is 12.8 Å². The first-order valence-corrected chi connectivity index (χ1v) is 5.58. The molecule has 10 heavy (non-hydrogen) atoms. The van der Waals surface area contributed by atoms with Crippen molar-refractivity contribution in [2.75, 3.05) is 26.9 Å². The lowest BCUT2D eigenvalue weighted by molar-refractivity contribution is 0.335. The Morgan fingerprint density at radius 3 is 2.30 bits per heavy atom. The molecule has 1 aliphatic heterocycles. The fourth-order valence-corrected chi connectivity index (χ4v) is 2.42. The fraction of sp³-hybridized carbons (Fsp3) is 1.00. The highest BCUT2D eigenvalue weighted by Gasteiger charge is 2.26. The summed E-state index contributed by atoms with van der Waals surface area (Å²) in [7, 11) is -0.875. The lowest BCUT2D eigenvalue weighted by Gasteiger charge is -2.21. The Bertz CT molecular complexity index is 154. The molecular weight excluding hydrogens is 149 g/mol. The zero-order valence-electron chi connectivity index (χ0n) is 6.54. The molecule has 1 atom stereocenters. The van der Waals surface area contributed by atoms with E-state index in [1.54, 1.807) is 6.66 Å². The van der Waals surface area contributed by atoms with Gasteiger partial charge in [0.05, 0.1) is 0 Å². The van der Waals surface area contributed by atoms with Crippen molar-refractivity contribution < 1.29 is 9.09 Å². The number of rotatable bonds is 2. The molecule has 3 nitrogen and oxygen atoms in total. The van der Waals surface area contributed by atoms with E-state index >= 15 is 0 Å². The van der Waals surface area contributed by atoms with Crippen LogP contribution >= 0.6 is 7.52 Å². The molecule has 0 aromatic rings. The minimum absolute atomic E-state index is 0.932. The molecule has 0 amide bonds.